The fraction of sp³-hybridized carbons (Fsp3) is 0.321. The number of carbonyl (C=O) groups is 2. The third-order valence-electron chi connectivity index (χ3n) is 7.15. The Kier molecular flexibility index (Phi) is 6.11. The Bertz CT molecular complexity index is 1210. The van der Waals surface area contributed by atoms with Crippen LogP contribution in [0, 0.1) is 6.92 Å². The maximum absolute atomic E-state index is 14.0. The molecule has 1 saturated heterocycles. The number of rotatable bonds is 5. The van der Waals surface area contributed by atoms with Crippen LogP contribution in [0.5, 0.6) is 0 Å². The third-order valence-corrected chi connectivity index (χ3v) is 7.35. The van der Waals surface area contributed by atoms with E-state index in [1.165, 1.54) is 11.1 Å². The molecule has 0 bridgehead atoms. The molecule has 2 aromatic carbocycles. The summed E-state index contributed by atoms with van der Waals surface area (Å²) in [5.41, 5.74) is 3.57. The molecule has 3 aromatic rings. The first-order chi connectivity index (χ1) is 16.4. The maximum Gasteiger partial charge on any atom is 0.196 e. The summed E-state index contributed by atoms with van der Waals surface area (Å²) in [5, 5.41) is 0.292. The van der Waals surface area contributed by atoms with Crippen LogP contribution in [-0.2, 0) is 18.5 Å². The van der Waals surface area contributed by atoms with Gasteiger partial charge in [-0.05, 0) is 42.2 Å². The van der Waals surface area contributed by atoms with Crippen molar-refractivity contribution in [3.63, 3.8) is 0 Å². The highest BCUT2D eigenvalue weighted by atomic mass is 35.5. The van der Waals surface area contributed by atoms with Crippen molar-refractivity contribution in [2.24, 2.45) is 0 Å². The van der Waals surface area contributed by atoms with E-state index in [9.17, 15) is 9.59 Å². The molecule has 1 aromatic heterocycles. The lowest BCUT2D eigenvalue weighted by Gasteiger charge is -2.44. The molecule has 0 atom stereocenters. The first kappa shape index (κ1) is 22.9. The summed E-state index contributed by atoms with van der Waals surface area (Å²) in [5.74, 6) is -0.334. The van der Waals surface area contributed by atoms with Gasteiger partial charge in [-0.15, -0.1) is 0 Å². The van der Waals surface area contributed by atoms with Crippen molar-refractivity contribution in [1.82, 2.24) is 14.8 Å². The van der Waals surface area contributed by atoms with Crippen LogP contribution in [0.25, 0.3) is 0 Å². The van der Waals surface area contributed by atoms with Gasteiger partial charge in [0.15, 0.2) is 17.1 Å². The van der Waals surface area contributed by atoms with Gasteiger partial charge in [0, 0.05) is 49.5 Å². The molecule has 0 N–H and O–H groups in total. The van der Waals surface area contributed by atoms with Crippen LogP contribution in [0.4, 0.5) is 0 Å². The zero-order valence-electron chi connectivity index (χ0n) is 19.6. The van der Waals surface area contributed by atoms with Crippen LogP contribution in [0.3, 0.4) is 0 Å². The van der Waals surface area contributed by atoms with Crippen LogP contribution in [0.2, 0.25) is 5.15 Å². The standard InChI is InChI=1S/C28H28ClN3O2/c1-3-20-8-4-5-9-21(20)18-31-12-14-32(15-13-31)28(22-16-19(2)30-25(29)17-22)26(33)23-10-6-7-11-24(23)27(28)34/h4-11,16-17H,3,12-15,18H2,1-2H3. The summed E-state index contributed by atoms with van der Waals surface area (Å²) in [4.78, 5) is 36.7. The number of aryl methyl sites for hydroxylation is 2. The summed E-state index contributed by atoms with van der Waals surface area (Å²) < 4.78 is 0. The Morgan fingerprint density at radius 3 is 2.06 bits per heavy atom. The van der Waals surface area contributed by atoms with E-state index in [4.69, 9.17) is 11.6 Å². The number of pyridine rings is 1. The molecule has 0 saturated carbocycles. The van der Waals surface area contributed by atoms with E-state index in [-0.39, 0.29) is 11.6 Å². The molecule has 2 aliphatic rings. The Balaban J connectivity index is 1.49. The van der Waals surface area contributed by atoms with E-state index in [1.54, 1.807) is 18.2 Å². The number of benzene rings is 2. The second-order valence-corrected chi connectivity index (χ2v) is 9.51. The van der Waals surface area contributed by atoms with Crippen molar-refractivity contribution in [3.8, 4) is 0 Å². The van der Waals surface area contributed by atoms with E-state index in [0.717, 1.165) is 26.1 Å². The van der Waals surface area contributed by atoms with E-state index in [0.29, 0.717) is 40.6 Å². The fourth-order valence-electron chi connectivity index (χ4n) is 5.48. The molecule has 174 valence electrons. The average molecular weight is 474 g/mol. The van der Waals surface area contributed by atoms with Crippen LogP contribution in [-0.4, -0.2) is 52.5 Å². The van der Waals surface area contributed by atoms with Gasteiger partial charge in [-0.1, -0.05) is 67.1 Å². The van der Waals surface area contributed by atoms with Gasteiger partial charge in [-0.3, -0.25) is 19.4 Å². The van der Waals surface area contributed by atoms with Crippen LogP contribution < -0.4 is 0 Å². The molecule has 34 heavy (non-hydrogen) atoms. The molecule has 0 radical (unpaired) electrons. The largest absolute Gasteiger partial charge is 0.297 e. The molecule has 2 heterocycles. The summed E-state index contributed by atoms with van der Waals surface area (Å²) in [6, 6.07) is 19.2. The third kappa shape index (κ3) is 3.68. The highest BCUT2D eigenvalue weighted by Crippen LogP contribution is 2.43. The molecule has 0 spiro atoms. The molecule has 1 aliphatic carbocycles. The number of Topliss-reactive ketones (excluding diaryl/α,β-unsaturated/α-hetero) is 2. The minimum Gasteiger partial charge on any atom is -0.297 e. The summed E-state index contributed by atoms with van der Waals surface area (Å²) >= 11 is 6.32. The first-order valence-corrected chi connectivity index (χ1v) is 12.2. The van der Waals surface area contributed by atoms with Gasteiger partial charge >= 0.3 is 0 Å². The molecular formula is C28H28ClN3O2. The second-order valence-electron chi connectivity index (χ2n) is 9.12. The van der Waals surface area contributed by atoms with Gasteiger partial charge in [0.1, 0.15) is 5.15 Å². The van der Waals surface area contributed by atoms with E-state index in [1.807, 2.05) is 25.1 Å². The van der Waals surface area contributed by atoms with Crippen LogP contribution in [0.15, 0.2) is 60.7 Å². The summed E-state index contributed by atoms with van der Waals surface area (Å²) in [6.45, 7) is 7.65. The molecule has 1 fully saturated rings. The number of nitrogens with zero attached hydrogens (tertiary/aromatic N) is 3. The predicted molar refractivity (Wildman–Crippen MR) is 133 cm³/mol. The lowest BCUT2D eigenvalue weighted by atomic mass is 9.82. The first-order valence-electron chi connectivity index (χ1n) is 11.8. The van der Waals surface area contributed by atoms with Crippen molar-refractivity contribution >= 4 is 23.2 Å². The zero-order valence-corrected chi connectivity index (χ0v) is 20.3. The minimum absolute atomic E-state index is 0.167. The van der Waals surface area contributed by atoms with Gasteiger partial charge in [0.25, 0.3) is 0 Å². The maximum atomic E-state index is 14.0. The molecule has 1 aliphatic heterocycles. The predicted octanol–water partition coefficient (Wildman–Crippen LogP) is 4.70. The minimum atomic E-state index is -1.39. The number of hydrogen-bond acceptors (Lipinski definition) is 5. The number of hydrogen-bond donors (Lipinski definition) is 0. The molecule has 0 unspecified atom stereocenters. The van der Waals surface area contributed by atoms with Gasteiger partial charge in [-0.25, -0.2) is 4.98 Å². The molecule has 6 heteroatoms. The topological polar surface area (TPSA) is 53.5 Å². The summed E-state index contributed by atoms with van der Waals surface area (Å²) in [6.07, 6.45) is 1.00. The lowest BCUT2D eigenvalue weighted by Crippen LogP contribution is -2.60. The lowest BCUT2D eigenvalue weighted by molar-refractivity contribution is 0.0278. The number of carbonyl (C=O) groups excluding carboxylic acids is 2. The van der Waals surface area contributed by atoms with Crippen molar-refractivity contribution in [3.05, 3.63) is 99.3 Å². The second kappa shape index (κ2) is 9.06. The van der Waals surface area contributed by atoms with E-state index >= 15 is 0 Å². The van der Waals surface area contributed by atoms with E-state index < -0.39 is 5.54 Å². The van der Waals surface area contributed by atoms with Crippen molar-refractivity contribution in [2.75, 3.05) is 26.2 Å². The zero-order chi connectivity index (χ0) is 23.9. The Morgan fingerprint density at radius 2 is 1.47 bits per heavy atom. The fourth-order valence-corrected chi connectivity index (χ4v) is 5.73. The SMILES string of the molecule is CCc1ccccc1CN1CCN(C2(c3cc(C)nc(Cl)c3)C(=O)c3ccccc3C2=O)CC1. The number of aromatic nitrogens is 1. The van der Waals surface area contributed by atoms with Gasteiger partial charge in [-0.2, -0.15) is 0 Å². The van der Waals surface area contributed by atoms with Gasteiger partial charge < -0.3 is 0 Å². The number of fused-ring (bicyclic) bond motifs is 1. The number of ketones is 2. The quantitative estimate of drug-likeness (QED) is 0.397. The van der Waals surface area contributed by atoms with Crippen molar-refractivity contribution in [1.29, 1.82) is 0 Å². The van der Waals surface area contributed by atoms with Crippen molar-refractivity contribution < 1.29 is 9.59 Å². The van der Waals surface area contributed by atoms with E-state index in [2.05, 4.69) is 46.0 Å². The summed E-state index contributed by atoms with van der Waals surface area (Å²) in [7, 11) is 0. The molecule has 5 nitrogen and oxygen atoms in total. The highest BCUT2D eigenvalue weighted by molar-refractivity contribution is 6.33. The normalized spacial score (nSPS) is 18.3. The van der Waals surface area contributed by atoms with Crippen LogP contribution in [0.1, 0.15) is 50.0 Å². The Labute approximate surface area is 205 Å². The highest BCUT2D eigenvalue weighted by Gasteiger charge is 2.58. The number of halogens is 1. The molecule has 5 rings (SSSR count). The van der Waals surface area contributed by atoms with Crippen LogP contribution >= 0.6 is 11.6 Å². The average Bonchev–Trinajstić information content (AvgIpc) is 3.07. The molecule has 0 amide bonds. The number of piperazine rings is 1. The monoisotopic (exact) mass is 473 g/mol. The Hall–Kier alpha value is -2.86. The van der Waals surface area contributed by atoms with Crippen molar-refractivity contribution in [2.45, 2.75) is 32.4 Å². The Morgan fingerprint density at radius 1 is 0.882 bits per heavy atom. The van der Waals surface area contributed by atoms with Gasteiger partial charge in [0.2, 0.25) is 0 Å². The smallest absolute Gasteiger partial charge is 0.196 e. The van der Waals surface area contributed by atoms with Gasteiger partial charge in [0.05, 0.1) is 0 Å². The molecular weight excluding hydrogens is 446 g/mol.